The number of rotatable bonds is 5. The molecule has 0 unspecified atom stereocenters. The molecule has 1 fully saturated rings. The van der Waals surface area contributed by atoms with Gasteiger partial charge < -0.3 is 15.0 Å². The van der Waals surface area contributed by atoms with E-state index in [2.05, 4.69) is 10.3 Å². The summed E-state index contributed by atoms with van der Waals surface area (Å²) in [7, 11) is -3.48. The highest BCUT2D eigenvalue weighted by molar-refractivity contribution is 7.89. The van der Waals surface area contributed by atoms with E-state index in [0.717, 1.165) is 0 Å². The molecule has 1 aliphatic rings. The Hall–Kier alpha value is -1.71. The number of sulfonamides is 1. The SMILES string of the molecule is C[C@@H]1CN(S(=O)(=O)CCNC(=O)c2ccc[nH]c2=O)C[C@@H](C)O1. The minimum absolute atomic E-state index is 0.0430. The van der Waals surface area contributed by atoms with Crippen LogP contribution in [0.3, 0.4) is 0 Å². The molecule has 9 heteroatoms. The molecule has 1 aliphatic heterocycles. The average molecular weight is 343 g/mol. The third-order valence-corrected chi connectivity index (χ3v) is 5.29. The van der Waals surface area contributed by atoms with Crippen molar-refractivity contribution in [3.63, 3.8) is 0 Å². The van der Waals surface area contributed by atoms with Gasteiger partial charge in [-0.25, -0.2) is 8.42 Å². The monoisotopic (exact) mass is 343 g/mol. The summed E-state index contributed by atoms with van der Waals surface area (Å²) in [5, 5.41) is 2.46. The molecular weight excluding hydrogens is 322 g/mol. The number of amides is 1. The van der Waals surface area contributed by atoms with Gasteiger partial charge in [-0.15, -0.1) is 0 Å². The molecular formula is C14H21N3O5S. The van der Waals surface area contributed by atoms with Gasteiger partial charge in [0.1, 0.15) is 5.56 Å². The minimum Gasteiger partial charge on any atom is -0.373 e. The van der Waals surface area contributed by atoms with E-state index >= 15 is 0 Å². The highest BCUT2D eigenvalue weighted by Gasteiger charge is 2.30. The number of morpholine rings is 1. The summed E-state index contributed by atoms with van der Waals surface area (Å²) in [5.74, 6) is -0.811. The molecule has 0 spiro atoms. The summed E-state index contributed by atoms with van der Waals surface area (Å²) in [6.45, 7) is 4.19. The van der Waals surface area contributed by atoms with Gasteiger partial charge in [-0.05, 0) is 26.0 Å². The standard InChI is InChI=1S/C14H21N3O5S/c1-10-8-17(9-11(2)22-10)23(20,21)7-6-16-14(19)12-4-3-5-15-13(12)18/h3-5,10-11H,6-9H2,1-2H3,(H,15,18)(H,16,19)/t10-,11-/m1/s1. The van der Waals surface area contributed by atoms with Crippen LogP contribution in [0.1, 0.15) is 24.2 Å². The molecule has 0 aromatic carbocycles. The highest BCUT2D eigenvalue weighted by atomic mass is 32.2. The molecule has 8 nitrogen and oxygen atoms in total. The number of hydrogen-bond donors (Lipinski definition) is 2. The summed E-state index contributed by atoms with van der Waals surface area (Å²) < 4.78 is 31.5. The van der Waals surface area contributed by atoms with E-state index in [1.807, 2.05) is 13.8 Å². The van der Waals surface area contributed by atoms with Crippen LogP contribution in [0.4, 0.5) is 0 Å². The smallest absolute Gasteiger partial charge is 0.260 e. The first-order chi connectivity index (χ1) is 10.8. The van der Waals surface area contributed by atoms with Crippen LogP contribution in [0.2, 0.25) is 0 Å². The largest absolute Gasteiger partial charge is 0.373 e. The molecule has 128 valence electrons. The van der Waals surface area contributed by atoms with Crippen molar-refractivity contribution in [3.8, 4) is 0 Å². The Bertz CT molecular complexity index is 705. The molecule has 0 aliphatic carbocycles. The Morgan fingerprint density at radius 2 is 2.04 bits per heavy atom. The highest BCUT2D eigenvalue weighted by Crippen LogP contribution is 2.14. The molecule has 2 atom stereocenters. The van der Waals surface area contributed by atoms with Crippen molar-refractivity contribution in [2.75, 3.05) is 25.4 Å². The fourth-order valence-electron chi connectivity index (χ4n) is 2.48. The zero-order chi connectivity index (χ0) is 17.0. The molecule has 1 saturated heterocycles. The third-order valence-electron chi connectivity index (χ3n) is 3.49. The number of carbonyl (C=O) groups excluding carboxylic acids is 1. The van der Waals surface area contributed by atoms with Crippen LogP contribution in [0.15, 0.2) is 23.1 Å². The van der Waals surface area contributed by atoms with E-state index in [-0.39, 0.29) is 30.1 Å². The van der Waals surface area contributed by atoms with Gasteiger partial charge in [0.25, 0.3) is 11.5 Å². The molecule has 2 heterocycles. The number of hydrogen-bond acceptors (Lipinski definition) is 5. The number of pyridine rings is 1. The Balaban J connectivity index is 1.91. The van der Waals surface area contributed by atoms with Crippen molar-refractivity contribution in [1.29, 1.82) is 0 Å². The Kier molecular flexibility index (Phi) is 5.55. The van der Waals surface area contributed by atoms with E-state index in [0.29, 0.717) is 13.1 Å². The van der Waals surface area contributed by atoms with Crippen molar-refractivity contribution in [2.45, 2.75) is 26.1 Å². The molecule has 1 amide bonds. The summed E-state index contributed by atoms with van der Waals surface area (Å²) in [6.07, 6.45) is 1.10. The quantitative estimate of drug-likeness (QED) is 0.752. The number of nitrogens with zero attached hydrogens (tertiary/aromatic N) is 1. The van der Waals surface area contributed by atoms with Gasteiger partial charge in [0.15, 0.2) is 0 Å². The van der Waals surface area contributed by atoms with Crippen molar-refractivity contribution >= 4 is 15.9 Å². The van der Waals surface area contributed by atoms with E-state index in [4.69, 9.17) is 4.74 Å². The molecule has 2 rings (SSSR count). The fraction of sp³-hybridized carbons (Fsp3) is 0.571. The number of carbonyl (C=O) groups is 1. The molecule has 0 saturated carbocycles. The van der Waals surface area contributed by atoms with Crippen LogP contribution in [-0.2, 0) is 14.8 Å². The fourth-order valence-corrected chi connectivity index (χ4v) is 3.97. The van der Waals surface area contributed by atoms with Crippen LogP contribution >= 0.6 is 0 Å². The second kappa shape index (κ2) is 7.24. The minimum atomic E-state index is -3.48. The summed E-state index contributed by atoms with van der Waals surface area (Å²) in [4.78, 5) is 25.7. The topological polar surface area (TPSA) is 109 Å². The number of aromatic amines is 1. The number of H-pyrrole nitrogens is 1. The molecule has 0 bridgehead atoms. The lowest BCUT2D eigenvalue weighted by Gasteiger charge is -2.34. The molecule has 23 heavy (non-hydrogen) atoms. The van der Waals surface area contributed by atoms with Crippen LogP contribution in [0.5, 0.6) is 0 Å². The van der Waals surface area contributed by atoms with Gasteiger partial charge in [0.05, 0.1) is 18.0 Å². The van der Waals surface area contributed by atoms with E-state index < -0.39 is 21.5 Å². The molecule has 1 aromatic rings. The predicted molar refractivity (Wildman–Crippen MR) is 84.8 cm³/mol. The first-order valence-corrected chi connectivity index (χ1v) is 8.99. The van der Waals surface area contributed by atoms with Crippen LogP contribution in [0.25, 0.3) is 0 Å². The Morgan fingerprint density at radius 1 is 1.39 bits per heavy atom. The molecule has 1 aromatic heterocycles. The first kappa shape index (κ1) is 17.6. The van der Waals surface area contributed by atoms with Crippen molar-refractivity contribution in [1.82, 2.24) is 14.6 Å². The normalized spacial score (nSPS) is 22.7. The van der Waals surface area contributed by atoms with Gasteiger partial charge in [-0.3, -0.25) is 9.59 Å². The van der Waals surface area contributed by atoms with E-state index in [1.165, 1.54) is 22.6 Å². The zero-order valence-electron chi connectivity index (χ0n) is 13.1. The second-order valence-corrected chi connectivity index (χ2v) is 7.65. The zero-order valence-corrected chi connectivity index (χ0v) is 13.9. The summed E-state index contributed by atoms with van der Waals surface area (Å²) in [5.41, 5.74) is -0.554. The van der Waals surface area contributed by atoms with Crippen LogP contribution in [0, 0.1) is 0 Å². The first-order valence-electron chi connectivity index (χ1n) is 7.39. The van der Waals surface area contributed by atoms with Gasteiger partial charge in [0.2, 0.25) is 10.0 Å². The molecule has 0 radical (unpaired) electrons. The third kappa shape index (κ3) is 4.63. The summed E-state index contributed by atoms with van der Waals surface area (Å²) >= 11 is 0. The number of ether oxygens (including phenoxy) is 1. The van der Waals surface area contributed by atoms with Crippen molar-refractivity contribution < 1.29 is 17.9 Å². The maximum absolute atomic E-state index is 12.3. The van der Waals surface area contributed by atoms with Crippen LogP contribution < -0.4 is 10.9 Å². The maximum Gasteiger partial charge on any atom is 0.260 e. The van der Waals surface area contributed by atoms with Gasteiger partial charge in [-0.2, -0.15) is 4.31 Å². The van der Waals surface area contributed by atoms with Gasteiger partial charge in [-0.1, -0.05) is 0 Å². The van der Waals surface area contributed by atoms with Crippen LogP contribution in [-0.4, -0.2) is 61.2 Å². The second-order valence-electron chi connectivity index (χ2n) is 5.56. The number of nitrogens with one attached hydrogen (secondary N) is 2. The van der Waals surface area contributed by atoms with Crippen molar-refractivity contribution in [3.05, 3.63) is 34.2 Å². The van der Waals surface area contributed by atoms with Gasteiger partial charge >= 0.3 is 0 Å². The Morgan fingerprint density at radius 3 is 2.65 bits per heavy atom. The van der Waals surface area contributed by atoms with E-state index in [1.54, 1.807) is 0 Å². The van der Waals surface area contributed by atoms with E-state index in [9.17, 15) is 18.0 Å². The predicted octanol–water partition coefficient (Wildman–Crippen LogP) is -0.456. The lowest BCUT2D eigenvalue weighted by Crippen LogP contribution is -2.49. The average Bonchev–Trinajstić information content (AvgIpc) is 2.46. The maximum atomic E-state index is 12.3. The van der Waals surface area contributed by atoms with Gasteiger partial charge in [0, 0.05) is 25.8 Å². The number of aromatic nitrogens is 1. The van der Waals surface area contributed by atoms with Crippen molar-refractivity contribution in [2.24, 2.45) is 0 Å². The Labute approximate surface area is 134 Å². The lowest BCUT2D eigenvalue weighted by atomic mass is 10.2. The summed E-state index contributed by atoms with van der Waals surface area (Å²) in [6, 6.07) is 2.91. The lowest BCUT2D eigenvalue weighted by molar-refractivity contribution is -0.0440. The molecule has 2 N–H and O–H groups in total.